The molecule has 4 rings (SSSR count). The highest BCUT2D eigenvalue weighted by atomic mass is 16.5. The van der Waals surface area contributed by atoms with Gasteiger partial charge in [0.05, 0.1) is 41.0 Å². The minimum Gasteiger partial charge on any atom is -0.497 e. The number of nitrogens with one attached hydrogen (secondary N) is 2. The van der Waals surface area contributed by atoms with Gasteiger partial charge in [0.1, 0.15) is 11.5 Å². The van der Waals surface area contributed by atoms with Gasteiger partial charge >= 0.3 is 0 Å². The molecule has 9 heteroatoms. The molecule has 0 heterocycles. The van der Waals surface area contributed by atoms with Crippen LogP contribution in [0.15, 0.2) is 84.5 Å². The van der Waals surface area contributed by atoms with E-state index in [-0.39, 0.29) is 11.8 Å². The van der Waals surface area contributed by atoms with Crippen LogP contribution in [0.5, 0.6) is 28.7 Å². The molecule has 0 saturated heterocycles. The molecule has 3 aromatic carbocycles. The van der Waals surface area contributed by atoms with Crippen LogP contribution in [0.4, 0.5) is 11.4 Å². The van der Waals surface area contributed by atoms with Gasteiger partial charge in [-0.15, -0.1) is 0 Å². The van der Waals surface area contributed by atoms with Gasteiger partial charge < -0.3 is 34.3 Å². The summed E-state index contributed by atoms with van der Waals surface area (Å²) in [6, 6.07) is 18.0. The lowest BCUT2D eigenvalue weighted by atomic mass is 9.74. The van der Waals surface area contributed by atoms with Crippen LogP contribution < -0.4 is 34.3 Å². The van der Waals surface area contributed by atoms with Crippen LogP contribution in [0, 0.1) is 5.41 Å². The van der Waals surface area contributed by atoms with Crippen LogP contribution in [-0.4, -0.2) is 47.4 Å². The Morgan fingerprint density at radius 3 is 2.00 bits per heavy atom. The highest BCUT2D eigenvalue weighted by Gasteiger charge is 2.38. The number of amides is 2. The average Bonchev–Trinajstić information content (AvgIpc) is 3.01. The molecule has 0 aliphatic heterocycles. The molecule has 0 bridgehead atoms. The molecular weight excluding hydrogens is 524 g/mol. The number of benzene rings is 3. The standard InChI is InChI=1S/C32H34N2O7/c1-37-25-11-9-21(10-12-25)20-32(31(36)34-24-18-27(39-3)29(41-5)28(19-24)40-4)15-13-22(14-16-32)30(35)33-23-7-6-8-26(17-23)38-2/h6-15,17-19H,16,20H2,1-5H3,(H,33,35)(H,34,36). The lowest BCUT2D eigenvalue weighted by molar-refractivity contribution is -0.123. The van der Waals surface area contributed by atoms with E-state index in [1.807, 2.05) is 24.3 Å². The van der Waals surface area contributed by atoms with Gasteiger partial charge in [-0.25, -0.2) is 0 Å². The van der Waals surface area contributed by atoms with Crippen LogP contribution in [-0.2, 0) is 16.0 Å². The first-order chi connectivity index (χ1) is 19.8. The molecule has 1 atom stereocenters. The van der Waals surface area contributed by atoms with Crippen LogP contribution in [0.25, 0.3) is 0 Å². The van der Waals surface area contributed by atoms with E-state index in [0.717, 1.165) is 11.3 Å². The van der Waals surface area contributed by atoms with Gasteiger partial charge in [0, 0.05) is 35.1 Å². The van der Waals surface area contributed by atoms with Crippen molar-refractivity contribution in [3.8, 4) is 28.7 Å². The van der Waals surface area contributed by atoms with Gasteiger partial charge in [-0.3, -0.25) is 9.59 Å². The van der Waals surface area contributed by atoms with E-state index >= 15 is 0 Å². The Hall–Kier alpha value is -4.92. The molecule has 0 aromatic heterocycles. The molecule has 214 valence electrons. The van der Waals surface area contributed by atoms with Crippen molar-refractivity contribution in [3.63, 3.8) is 0 Å². The lowest BCUT2D eigenvalue weighted by Gasteiger charge is -2.31. The summed E-state index contributed by atoms with van der Waals surface area (Å²) in [6.45, 7) is 0. The summed E-state index contributed by atoms with van der Waals surface area (Å²) in [4.78, 5) is 27.0. The SMILES string of the molecule is COc1ccc(CC2(C(=O)Nc3cc(OC)c(OC)c(OC)c3)C=CC(C(=O)Nc3cccc(OC)c3)=CC2)cc1. The maximum atomic E-state index is 14.0. The number of methoxy groups -OCH3 is 5. The second-order valence-corrected chi connectivity index (χ2v) is 9.43. The Morgan fingerprint density at radius 1 is 0.756 bits per heavy atom. The summed E-state index contributed by atoms with van der Waals surface area (Å²) >= 11 is 0. The molecule has 1 unspecified atom stereocenters. The monoisotopic (exact) mass is 558 g/mol. The van der Waals surface area contributed by atoms with Crippen molar-refractivity contribution >= 4 is 23.2 Å². The fourth-order valence-electron chi connectivity index (χ4n) is 4.65. The molecule has 0 fully saturated rings. The highest BCUT2D eigenvalue weighted by Crippen LogP contribution is 2.41. The summed E-state index contributed by atoms with van der Waals surface area (Å²) in [5, 5.41) is 5.91. The lowest BCUT2D eigenvalue weighted by Crippen LogP contribution is -2.38. The minimum absolute atomic E-state index is 0.248. The van der Waals surface area contributed by atoms with Crippen molar-refractivity contribution < 1.29 is 33.3 Å². The zero-order valence-electron chi connectivity index (χ0n) is 23.8. The predicted molar refractivity (Wildman–Crippen MR) is 157 cm³/mol. The first-order valence-corrected chi connectivity index (χ1v) is 12.9. The van der Waals surface area contributed by atoms with Gasteiger partial charge in [0.2, 0.25) is 11.7 Å². The van der Waals surface area contributed by atoms with Gasteiger partial charge in [-0.2, -0.15) is 0 Å². The zero-order chi connectivity index (χ0) is 29.4. The topological polar surface area (TPSA) is 104 Å². The highest BCUT2D eigenvalue weighted by molar-refractivity contribution is 6.07. The van der Waals surface area contributed by atoms with E-state index < -0.39 is 5.41 Å². The predicted octanol–water partition coefficient (Wildman–Crippen LogP) is 5.42. The third-order valence-corrected chi connectivity index (χ3v) is 6.91. The van der Waals surface area contributed by atoms with E-state index in [2.05, 4.69) is 10.6 Å². The van der Waals surface area contributed by atoms with E-state index in [9.17, 15) is 9.59 Å². The second kappa shape index (κ2) is 13.0. The molecular formula is C32H34N2O7. The number of allylic oxidation sites excluding steroid dienone is 1. The van der Waals surface area contributed by atoms with Gasteiger partial charge in [-0.1, -0.05) is 36.4 Å². The van der Waals surface area contributed by atoms with E-state index in [1.54, 1.807) is 68.8 Å². The average molecular weight is 559 g/mol. The number of carbonyl (C=O) groups is 2. The Morgan fingerprint density at radius 2 is 1.44 bits per heavy atom. The molecule has 9 nitrogen and oxygen atoms in total. The summed E-state index contributed by atoms with van der Waals surface area (Å²) in [6.07, 6.45) is 5.97. The zero-order valence-corrected chi connectivity index (χ0v) is 23.8. The smallest absolute Gasteiger partial charge is 0.255 e. The van der Waals surface area contributed by atoms with Gasteiger partial charge in [0.15, 0.2) is 11.5 Å². The summed E-state index contributed by atoms with van der Waals surface area (Å²) in [5.74, 6) is 2.09. The fourth-order valence-corrected chi connectivity index (χ4v) is 4.65. The number of hydrogen-bond acceptors (Lipinski definition) is 7. The first kappa shape index (κ1) is 29.1. The van der Waals surface area contributed by atoms with Crippen molar-refractivity contribution in [2.75, 3.05) is 46.2 Å². The normalized spacial score (nSPS) is 15.8. The van der Waals surface area contributed by atoms with Gasteiger partial charge in [-0.05, 0) is 42.7 Å². The van der Waals surface area contributed by atoms with E-state index in [1.165, 1.54) is 21.3 Å². The molecule has 0 saturated carbocycles. The van der Waals surface area contributed by atoms with Crippen LogP contribution in [0.2, 0.25) is 0 Å². The number of carbonyl (C=O) groups excluding carboxylic acids is 2. The molecule has 3 aromatic rings. The second-order valence-electron chi connectivity index (χ2n) is 9.43. The molecule has 0 radical (unpaired) electrons. The molecule has 2 N–H and O–H groups in total. The van der Waals surface area contributed by atoms with E-state index in [4.69, 9.17) is 23.7 Å². The van der Waals surface area contributed by atoms with Crippen LogP contribution >= 0.6 is 0 Å². The summed E-state index contributed by atoms with van der Waals surface area (Å²) < 4.78 is 26.8. The third-order valence-electron chi connectivity index (χ3n) is 6.91. The Bertz CT molecular complexity index is 1440. The van der Waals surface area contributed by atoms with Gasteiger partial charge in [0.25, 0.3) is 5.91 Å². The Kier molecular flexibility index (Phi) is 9.19. The minimum atomic E-state index is -0.977. The van der Waals surface area contributed by atoms with Crippen LogP contribution in [0.1, 0.15) is 12.0 Å². The molecule has 2 amide bonds. The Labute approximate surface area is 239 Å². The number of rotatable bonds is 11. The fraction of sp³-hybridized carbons (Fsp3) is 0.250. The molecule has 41 heavy (non-hydrogen) atoms. The number of ether oxygens (including phenoxy) is 5. The molecule has 0 spiro atoms. The molecule has 1 aliphatic rings. The number of hydrogen-bond donors (Lipinski definition) is 2. The van der Waals surface area contributed by atoms with Crippen molar-refractivity contribution in [2.24, 2.45) is 5.41 Å². The quantitative estimate of drug-likeness (QED) is 0.324. The largest absolute Gasteiger partial charge is 0.497 e. The summed E-state index contributed by atoms with van der Waals surface area (Å²) in [7, 11) is 7.72. The van der Waals surface area contributed by atoms with Crippen molar-refractivity contribution in [1.82, 2.24) is 0 Å². The molecule has 1 aliphatic carbocycles. The van der Waals surface area contributed by atoms with Crippen LogP contribution in [0.3, 0.4) is 0 Å². The maximum Gasteiger partial charge on any atom is 0.255 e. The van der Waals surface area contributed by atoms with Crippen molar-refractivity contribution in [2.45, 2.75) is 12.8 Å². The maximum absolute atomic E-state index is 14.0. The Balaban J connectivity index is 1.61. The van der Waals surface area contributed by atoms with Crippen molar-refractivity contribution in [1.29, 1.82) is 0 Å². The third kappa shape index (κ3) is 6.63. The van der Waals surface area contributed by atoms with E-state index in [0.29, 0.717) is 52.8 Å². The first-order valence-electron chi connectivity index (χ1n) is 12.9. The van der Waals surface area contributed by atoms with Crippen molar-refractivity contribution in [3.05, 3.63) is 90.0 Å². The summed E-state index contributed by atoms with van der Waals surface area (Å²) in [5.41, 5.74) is 1.51. The number of anilines is 2.